The lowest BCUT2D eigenvalue weighted by atomic mass is 10.6. The second-order valence-corrected chi connectivity index (χ2v) is 1.96. The van der Waals surface area contributed by atoms with Crippen molar-refractivity contribution in [1.29, 1.82) is 0 Å². The van der Waals surface area contributed by atoms with Gasteiger partial charge in [0.2, 0.25) is 5.71 Å². The topological polar surface area (TPSA) is 41.8 Å². The van der Waals surface area contributed by atoms with Crippen LogP contribution in [0.25, 0.3) is 11.2 Å². The number of hydrogen-bond donors (Lipinski definition) is 1. The van der Waals surface area contributed by atoms with E-state index in [-0.39, 0.29) is 0 Å². The molecule has 2 aromatic rings. The number of aromatic amines is 1. The molecule has 1 N–H and O–H groups in total. The van der Waals surface area contributed by atoms with Crippen LogP contribution in [0.1, 0.15) is 5.82 Å². The van der Waals surface area contributed by atoms with Crippen molar-refractivity contribution in [2.24, 2.45) is 0 Å². The first kappa shape index (κ1) is 4.61. The lowest BCUT2D eigenvalue weighted by molar-refractivity contribution is 0.603. The molecular weight excluding hydrogens is 116 g/mol. The summed E-state index contributed by atoms with van der Waals surface area (Å²) in [4.78, 5) is 7.08. The molecule has 0 aliphatic carbocycles. The molecule has 9 heavy (non-hydrogen) atoms. The first-order chi connectivity index (χ1) is 4.36. The van der Waals surface area contributed by atoms with Crippen molar-refractivity contribution in [2.45, 2.75) is 6.92 Å². The summed E-state index contributed by atoms with van der Waals surface area (Å²) < 4.78 is 5.00. The molecule has 2 aromatic heterocycles. The Hall–Kier alpha value is -1.25. The summed E-state index contributed by atoms with van der Waals surface area (Å²) in [7, 11) is 0. The molecule has 46 valence electrons. The van der Waals surface area contributed by atoms with E-state index >= 15 is 0 Å². The zero-order chi connectivity index (χ0) is 6.27. The molecule has 3 nitrogen and oxygen atoms in total. The predicted molar refractivity (Wildman–Crippen MR) is 33.1 cm³/mol. The van der Waals surface area contributed by atoms with E-state index in [9.17, 15) is 0 Å². The maximum atomic E-state index is 5.00. The number of aryl methyl sites for hydroxylation is 1. The number of aromatic nitrogens is 2. The van der Waals surface area contributed by atoms with Gasteiger partial charge in [-0.3, -0.25) is 0 Å². The predicted octanol–water partition coefficient (Wildman–Crippen LogP) is 1.46. The first-order valence-electron chi connectivity index (χ1n) is 2.76. The number of hydrogen-bond acceptors (Lipinski definition) is 2. The molecule has 0 spiro atoms. The molecule has 0 unspecified atom stereocenters. The number of rotatable bonds is 0. The SMILES string of the molecule is Cc1nc2occc2[nH]1. The van der Waals surface area contributed by atoms with Crippen molar-refractivity contribution in [1.82, 2.24) is 9.97 Å². The number of furan rings is 1. The van der Waals surface area contributed by atoms with Crippen molar-refractivity contribution >= 4 is 11.2 Å². The van der Waals surface area contributed by atoms with Gasteiger partial charge in [-0.2, -0.15) is 4.98 Å². The maximum absolute atomic E-state index is 5.00. The molecule has 0 fully saturated rings. The Labute approximate surface area is 51.7 Å². The van der Waals surface area contributed by atoms with Crippen LogP contribution in [0.5, 0.6) is 0 Å². The van der Waals surface area contributed by atoms with E-state index in [1.54, 1.807) is 6.26 Å². The Morgan fingerprint density at radius 2 is 2.56 bits per heavy atom. The number of imidazole rings is 1. The van der Waals surface area contributed by atoms with Gasteiger partial charge in [-0.05, 0) is 6.92 Å². The molecule has 0 radical (unpaired) electrons. The number of nitrogens with zero attached hydrogens (tertiary/aromatic N) is 1. The van der Waals surface area contributed by atoms with Gasteiger partial charge in [0.25, 0.3) is 0 Å². The summed E-state index contributed by atoms with van der Waals surface area (Å²) in [5.74, 6) is 0.893. The van der Waals surface area contributed by atoms with Gasteiger partial charge in [0.05, 0.1) is 6.26 Å². The third kappa shape index (κ3) is 0.543. The Morgan fingerprint density at radius 1 is 1.67 bits per heavy atom. The van der Waals surface area contributed by atoms with Crippen LogP contribution in [-0.4, -0.2) is 9.97 Å². The van der Waals surface area contributed by atoms with Gasteiger partial charge in [0, 0.05) is 6.07 Å². The van der Waals surface area contributed by atoms with Crippen LogP contribution in [-0.2, 0) is 0 Å². The minimum Gasteiger partial charge on any atom is -0.445 e. The van der Waals surface area contributed by atoms with Gasteiger partial charge in [-0.1, -0.05) is 0 Å². The number of nitrogens with one attached hydrogen (secondary N) is 1. The second kappa shape index (κ2) is 1.37. The number of fused-ring (bicyclic) bond motifs is 1. The third-order valence-electron chi connectivity index (χ3n) is 1.23. The fourth-order valence-electron chi connectivity index (χ4n) is 0.858. The molecule has 3 heteroatoms. The number of H-pyrrole nitrogens is 1. The van der Waals surface area contributed by atoms with Crippen LogP contribution < -0.4 is 0 Å². The highest BCUT2D eigenvalue weighted by Gasteiger charge is 1.98. The van der Waals surface area contributed by atoms with Crippen LogP contribution >= 0.6 is 0 Å². The average molecular weight is 122 g/mol. The van der Waals surface area contributed by atoms with Crippen molar-refractivity contribution in [3.63, 3.8) is 0 Å². The molecule has 0 aliphatic heterocycles. The van der Waals surface area contributed by atoms with Crippen molar-refractivity contribution in [2.75, 3.05) is 0 Å². The summed E-state index contributed by atoms with van der Waals surface area (Å²) in [6.07, 6.45) is 1.62. The quantitative estimate of drug-likeness (QED) is 0.574. The second-order valence-electron chi connectivity index (χ2n) is 1.96. The first-order valence-corrected chi connectivity index (χ1v) is 2.76. The molecule has 2 rings (SSSR count). The summed E-state index contributed by atoms with van der Waals surface area (Å²) >= 11 is 0. The minimum atomic E-state index is 0.688. The largest absolute Gasteiger partial charge is 0.445 e. The van der Waals surface area contributed by atoms with Gasteiger partial charge in [0.15, 0.2) is 0 Å². The molecular formula is C6H6N2O. The van der Waals surface area contributed by atoms with Crippen LogP contribution in [0.4, 0.5) is 0 Å². The normalized spacial score (nSPS) is 10.8. The highest BCUT2D eigenvalue weighted by molar-refractivity contribution is 5.68. The lowest BCUT2D eigenvalue weighted by Crippen LogP contribution is -1.69. The van der Waals surface area contributed by atoms with E-state index in [4.69, 9.17) is 4.42 Å². The fourth-order valence-corrected chi connectivity index (χ4v) is 0.858. The highest BCUT2D eigenvalue weighted by Crippen LogP contribution is 2.10. The molecule has 0 atom stereocenters. The Balaban J connectivity index is 2.92. The van der Waals surface area contributed by atoms with Crippen molar-refractivity contribution in [3.8, 4) is 0 Å². The van der Waals surface area contributed by atoms with Gasteiger partial charge in [0.1, 0.15) is 11.3 Å². The minimum absolute atomic E-state index is 0.688. The molecule has 0 amide bonds. The Morgan fingerprint density at radius 3 is 3.33 bits per heavy atom. The van der Waals surface area contributed by atoms with Crippen LogP contribution in [0.3, 0.4) is 0 Å². The van der Waals surface area contributed by atoms with Crippen molar-refractivity contribution in [3.05, 3.63) is 18.2 Å². The van der Waals surface area contributed by atoms with E-state index in [1.807, 2.05) is 13.0 Å². The molecule has 2 heterocycles. The van der Waals surface area contributed by atoms with Crippen LogP contribution in [0, 0.1) is 6.92 Å². The zero-order valence-corrected chi connectivity index (χ0v) is 5.01. The van der Waals surface area contributed by atoms with Gasteiger partial charge < -0.3 is 9.40 Å². The fraction of sp³-hybridized carbons (Fsp3) is 0.167. The van der Waals surface area contributed by atoms with E-state index in [2.05, 4.69) is 9.97 Å². The molecule has 0 aliphatic rings. The maximum Gasteiger partial charge on any atom is 0.244 e. The van der Waals surface area contributed by atoms with Gasteiger partial charge in [-0.15, -0.1) is 0 Å². The zero-order valence-electron chi connectivity index (χ0n) is 5.01. The van der Waals surface area contributed by atoms with Crippen molar-refractivity contribution < 1.29 is 4.42 Å². The molecule has 0 aromatic carbocycles. The van der Waals surface area contributed by atoms with E-state index in [1.165, 1.54) is 0 Å². The highest BCUT2D eigenvalue weighted by atomic mass is 16.3. The summed E-state index contributed by atoms with van der Waals surface area (Å²) in [5.41, 5.74) is 1.65. The van der Waals surface area contributed by atoms with E-state index < -0.39 is 0 Å². The Kier molecular flexibility index (Phi) is 0.704. The summed E-state index contributed by atoms with van der Waals surface area (Å²) in [5, 5.41) is 0. The van der Waals surface area contributed by atoms with Crippen LogP contribution in [0.2, 0.25) is 0 Å². The molecule has 0 saturated heterocycles. The monoisotopic (exact) mass is 122 g/mol. The van der Waals surface area contributed by atoms with Gasteiger partial charge >= 0.3 is 0 Å². The summed E-state index contributed by atoms with van der Waals surface area (Å²) in [6, 6.07) is 1.86. The summed E-state index contributed by atoms with van der Waals surface area (Å²) in [6.45, 7) is 1.90. The third-order valence-corrected chi connectivity index (χ3v) is 1.23. The average Bonchev–Trinajstić information content (AvgIpc) is 2.22. The lowest BCUT2D eigenvalue weighted by Gasteiger charge is -1.72. The van der Waals surface area contributed by atoms with E-state index in [0.717, 1.165) is 11.3 Å². The Bertz CT molecular complexity index is 292. The van der Waals surface area contributed by atoms with Crippen LogP contribution in [0.15, 0.2) is 16.7 Å². The molecule has 0 saturated carbocycles. The standard InChI is InChI=1S/C6H6N2O/c1-4-7-5-2-3-9-6(5)8-4/h2-3H,1H3,(H,7,8). The van der Waals surface area contributed by atoms with E-state index in [0.29, 0.717) is 5.71 Å². The molecule has 0 bridgehead atoms. The van der Waals surface area contributed by atoms with Gasteiger partial charge in [-0.25, -0.2) is 0 Å². The smallest absolute Gasteiger partial charge is 0.244 e.